The van der Waals surface area contributed by atoms with Gasteiger partial charge < -0.3 is 9.73 Å². The van der Waals surface area contributed by atoms with Crippen molar-refractivity contribution in [3.63, 3.8) is 0 Å². The lowest BCUT2D eigenvalue weighted by molar-refractivity contribution is 0.408. The number of hydrogen-bond donors (Lipinski definition) is 1. The highest BCUT2D eigenvalue weighted by Crippen LogP contribution is 2.12. The molecule has 0 radical (unpaired) electrons. The van der Waals surface area contributed by atoms with Crippen LogP contribution in [-0.4, -0.2) is 6.04 Å². The van der Waals surface area contributed by atoms with Gasteiger partial charge in [0.05, 0.1) is 12.3 Å². The first kappa shape index (κ1) is 8.34. The molecule has 0 saturated carbocycles. The van der Waals surface area contributed by atoms with Crippen LogP contribution in [0.25, 0.3) is 0 Å². The van der Waals surface area contributed by atoms with Crippen molar-refractivity contribution in [2.24, 2.45) is 0 Å². The molecule has 0 saturated heterocycles. The van der Waals surface area contributed by atoms with Crippen molar-refractivity contribution < 1.29 is 4.42 Å². The molecular weight excluding hydrogens is 138 g/mol. The molecule has 11 heavy (non-hydrogen) atoms. The molecule has 62 valence electrons. The molecule has 0 spiro atoms. The Hall–Kier alpha value is -0.760. The molecule has 2 heteroatoms. The van der Waals surface area contributed by atoms with Crippen LogP contribution < -0.4 is 5.32 Å². The Morgan fingerprint density at radius 1 is 1.36 bits per heavy atom. The zero-order valence-corrected chi connectivity index (χ0v) is 7.29. The van der Waals surface area contributed by atoms with Gasteiger partial charge in [0, 0.05) is 6.04 Å². The van der Waals surface area contributed by atoms with Gasteiger partial charge in [-0.3, -0.25) is 0 Å². The monoisotopic (exact) mass is 153 g/mol. The molecule has 0 aromatic carbocycles. The second-order valence-electron chi connectivity index (χ2n) is 3.06. The molecule has 0 aliphatic rings. The Morgan fingerprint density at radius 3 is 2.55 bits per heavy atom. The van der Waals surface area contributed by atoms with Crippen LogP contribution in [0.15, 0.2) is 22.8 Å². The molecule has 1 aromatic heterocycles. The topological polar surface area (TPSA) is 25.2 Å². The van der Waals surface area contributed by atoms with E-state index >= 15 is 0 Å². The first-order valence-corrected chi connectivity index (χ1v) is 3.99. The number of nitrogens with one attached hydrogen (secondary N) is 1. The van der Waals surface area contributed by atoms with E-state index in [9.17, 15) is 0 Å². The van der Waals surface area contributed by atoms with Gasteiger partial charge in [-0.1, -0.05) is 13.8 Å². The Labute approximate surface area is 67.6 Å². The fourth-order valence-electron chi connectivity index (χ4n) is 1.12. The summed E-state index contributed by atoms with van der Waals surface area (Å²) in [5.41, 5.74) is 0. The highest BCUT2D eigenvalue weighted by atomic mass is 16.3. The average molecular weight is 153 g/mol. The molecule has 1 aromatic rings. The van der Waals surface area contributed by atoms with E-state index in [4.69, 9.17) is 4.42 Å². The molecule has 1 atom stereocenters. The normalized spacial score (nSPS) is 13.8. The zero-order chi connectivity index (χ0) is 8.27. The van der Waals surface area contributed by atoms with Gasteiger partial charge in [0.25, 0.3) is 0 Å². The van der Waals surface area contributed by atoms with Gasteiger partial charge in [-0.05, 0) is 19.1 Å². The maximum atomic E-state index is 5.23. The fraction of sp³-hybridized carbons (Fsp3) is 0.556. The largest absolute Gasteiger partial charge is 0.468 e. The second-order valence-corrected chi connectivity index (χ2v) is 3.06. The highest BCUT2D eigenvalue weighted by molar-refractivity contribution is 5.02. The molecule has 0 aliphatic heterocycles. The van der Waals surface area contributed by atoms with Gasteiger partial charge >= 0.3 is 0 Å². The van der Waals surface area contributed by atoms with Crippen LogP contribution in [0.4, 0.5) is 0 Å². The van der Waals surface area contributed by atoms with Gasteiger partial charge in [0.2, 0.25) is 0 Å². The molecule has 2 nitrogen and oxygen atoms in total. The first-order valence-electron chi connectivity index (χ1n) is 3.99. The van der Waals surface area contributed by atoms with Crippen LogP contribution in [0.2, 0.25) is 0 Å². The predicted molar refractivity (Wildman–Crippen MR) is 45.4 cm³/mol. The van der Waals surface area contributed by atoms with Crippen molar-refractivity contribution in [1.82, 2.24) is 5.32 Å². The van der Waals surface area contributed by atoms with Crippen LogP contribution in [0, 0.1) is 0 Å². The molecular formula is C9H15NO. The molecule has 0 aliphatic carbocycles. The summed E-state index contributed by atoms with van der Waals surface area (Å²) in [4.78, 5) is 0. The maximum absolute atomic E-state index is 5.23. The van der Waals surface area contributed by atoms with Gasteiger partial charge in [-0.15, -0.1) is 0 Å². The van der Waals surface area contributed by atoms with Crippen molar-refractivity contribution in [3.05, 3.63) is 24.2 Å². The summed E-state index contributed by atoms with van der Waals surface area (Å²) in [6.45, 7) is 6.34. The van der Waals surface area contributed by atoms with Gasteiger partial charge in [-0.25, -0.2) is 0 Å². The Balaban J connectivity index is 2.49. The lowest BCUT2D eigenvalue weighted by atomic mass is 10.2. The number of rotatable bonds is 3. The van der Waals surface area contributed by atoms with Gasteiger partial charge in [-0.2, -0.15) is 0 Å². The highest BCUT2D eigenvalue weighted by Gasteiger charge is 2.07. The average Bonchev–Trinajstić information content (AvgIpc) is 2.35. The van der Waals surface area contributed by atoms with Gasteiger partial charge in [0.15, 0.2) is 0 Å². The van der Waals surface area contributed by atoms with Gasteiger partial charge in [0.1, 0.15) is 5.76 Å². The standard InChI is InChI=1S/C9H15NO/c1-7(2)10-8(3)9-5-4-6-11-9/h4-8,10H,1-3H3/t8-/m1/s1. The predicted octanol–water partition coefficient (Wildman–Crippen LogP) is 2.34. The molecule has 1 rings (SSSR count). The van der Waals surface area contributed by atoms with Crippen LogP contribution in [0.3, 0.4) is 0 Å². The minimum absolute atomic E-state index is 0.310. The fourth-order valence-corrected chi connectivity index (χ4v) is 1.12. The summed E-state index contributed by atoms with van der Waals surface area (Å²) >= 11 is 0. The summed E-state index contributed by atoms with van der Waals surface area (Å²) in [6.07, 6.45) is 1.70. The third kappa shape index (κ3) is 2.39. The first-order chi connectivity index (χ1) is 5.20. The van der Waals surface area contributed by atoms with Crippen molar-refractivity contribution in [2.75, 3.05) is 0 Å². The molecule has 1 heterocycles. The summed E-state index contributed by atoms with van der Waals surface area (Å²) in [5, 5.41) is 3.35. The molecule has 0 unspecified atom stereocenters. The maximum Gasteiger partial charge on any atom is 0.120 e. The molecule has 0 bridgehead atoms. The Morgan fingerprint density at radius 2 is 2.09 bits per heavy atom. The van der Waals surface area contributed by atoms with Crippen LogP contribution in [0.5, 0.6) is 0 Å². The lowest BCUT2D eigenvalue weighted by Gasteiger charge is -2.13. The SMILES string of the molecule is CC(C)N[C@H](C)c1ccco1. The number of furan rings is 1. The van der Waals surface area contributed by atoms with Crippen molar-refractivity contribution in [1.29, 1.82) is 0 Å². The molecule has 0 fully saturated rings. The van der Waals surface area contributed by atoms with E-state index < -0.39 is 0 Å². The minimum Gasteiger partial charge on any atom is -0.468 e. The van der Waals surface area contributed by atoms with E-state index in [1.165, 1.54) is 0 Å². The minimum atomic E-state index is 0.310. The third-order valence-electron chi connectivity index (χ3n) is 1.55. The quantitative estimate of drug-likeness (QED) is 0.721. The van der Waals surface area contributed by atoms with Crippen LogP contribution in [-0.2, 0) is 0 Å². The van der Waals surface area contributed by atoms with Crippen molar-refractivity contribution in [2.45, 2.75) is 32.9 Å². The van der Waals surface area contributed by atoms with E-state index in [0.29, 0.717) is 12.1 Å². The summed E-state index contributed by atoms with van der Waals surface area (Å²) < 4.78 is 5.23. The zero-order valence-electron chi connectivity index (χ0n) is 7.29. The third-order valence-corrected chi connectivity index (χ3v) is 1.55. The number of hydrogen-bond acceptors (Lipinski definition) is 2. The molecule has 0 amide bonds. The van der Waals surface area contributed by atoms with Crippen molar-refractivity contribution >= 4 is 0 Å². The Bertz CT molecular complexity index is 191. The van der Waals surface area contributed by atoms with Crippen molar-refractivity contribution in [3.8, 4) is 0 Å². The molecule has 1 N–H and O–H groups in total. The van der Waals surface area contributed by atoms with E-state index in [-0.39, 0.29) is 0 Å². The second kappa shape index (κ2) is 3.58. The Kier molecular flexibility index (Phi) is 2.71. The summed E-state index contributed by atoms with van der Waals surface area (Å²) in [6, 6.07) is 4.70. The van der Waals surface area contributed by atoms with E-state index in [1.807, 2.05) is 12.1 Å². The summed E-state index contributed by atoms with van der Waals surface area (Å²) in [5.74, 6) is 0.999. The summed E-state index contributed by atoms with van der Waals surface area (Å²) in [7, 11) is 0. The smallest absolute Gasteiger partial charge is 0.120 e. The van der Waals surface area contributed by atoms with Crippen LogP contribution in [0.1, 0.15) is 32.6 Å². The lowest BCUT2D eigenvalue weighted by Crippen LogP contribution is -2.25. The van der Waals surface area contributed by atoms with E-state index in [0.717, 1.165) is 5.76 Å². The van der Waals surface area contributed by atoms with E-state index in [1.54, 1.807) is 6.26 Å². The van der Waals surface area contributed by atoms with Crippen LogP contribution >= 0.6 is 0 Å². The van der Waals surface area contributed by atoms with E-state index in [2.05, 4.69) is 26.1 Å².